The number of pyridine rings is 1. The van der Waals surface area contributed by atoms with Gasteiger partial charge in [-0.05, 0) is 50.2 Å². The van der Waals surface area contributed by atoms with E-state index in [0.717, 1.165) is 28.0 Å². The summed E-state index contributed by atoms with van der Waals surface area (Å²) in [7, 11) is -4.15. The molecule has 0 atom stereocenters. The SMILES string of the molecule is Cc1ccc(-c2cc(C(=O)Nc3cc(F)cc(S(N)(=O)=O)c3)c3c(C)noc3n2)s1. The van der Waals surface area contributed by atoms with Gasteiger partial charge in [-0.15, -0.1) is 11.3 Å². The topological polar surface area (TPSA) is 128 Å². The van der Waals surface area contributed by atoms with Crippen LogP contribution >= 0.6 is 11.3 Å². The lowest BCUT2D eigenvalue weighted by Gasteiger charge is -2.09. The van der Waals surface area contributed by atoms with Crippen molar-refractivity contribution >= 4 is 44.1 Å². The Morgan fingerprint density at radius 3 is 2.63 bits per heavy atom. The maximum Gasteiger partial charge on any atom is 0.259 e. The maximum absolute atomic E-state index is 13.9. The Labute approximate surface area is 174 Å². The number of nitrogens with zero attached hydrogens (tertiary/aromatic N) is 2. The van der Waals surface area contributed by atoms with Crippen LogP contribution in [0.25, 0.3) is 21.7 Å². The average molecular weight is 446 g/mol. The molecule has 4 rings (SSSR count). The molecule has 1 aromatic carbocycles. The normalized spacial score (nSPS) is 11.7. The van der Waals surface area contributed by atoms with Gasteiger partial charge >= 0.3 is 0 Å². The number of aryl methyl sites for hydroxylation is 2. The summed E-state index contributed by atoms with van der Waals surface area (Å²) in [5.41, 5.74) is 1.32. The lowest BCUT2D eigenvalue weighted by Crippen LogP contribution is -2.16. The molecule has 3 aromatic heterocycles. The Balaban J connectivity index is 1.80. The van der Waals surface area contributed by atoms with Crippen LogP contribution in [0, 0.1) is 19.7 Å². The Bertz CT molecular complexity index is 1410. The van der Waals surface area contributed by atoms with Gasteiger partial charge in [0.05, 0.1) is 32.1 Å². The van der Waals surface area contributed by atoms with Gasteiger partial charge in [-0.25, -0.2) is 22.9 Å². The zero-order valence-corrected chi connectivity index (χ0v) is 17.4. The predicted octanol–water partition coefficient (Wildman–Crippen LogP) is 3.61. The van der Waals surface area contributed by atoms with E-state index in [1.165, 1.54) is 11.3 Å². The van der Waals surface area contributed by atoms with Gasteiger partial charge in [0.2, 0.25) is 10.0 Å². The number of rotatable bonds is 4. The van der Waals surface area contributed by atoms with Crippen molar-refractivity contribution in [1.29, 1.82) is 0 Å². The monoisotopic (exact) mass is 446 g/mol. The van der Waals surface area contributed by atoms with Crippen LogP contribution in [0.1, 0.15) is 20.9 Å². The Hall–Kier alpha value is -3.15. The van der Waals surface area contributed by atoms with Crippen LogP contribution in [0.5, 0.6) is 0 Å². The largest absolute Gasteiger partial charge is 0.335 e. The van der Waals surface area contributed by atoms with Crippen molar-refractivity contribution in [2.24, 2.45) is 5.14 Å². The molecular formula is C19H15FN4O4S2. The highest BCUT2D eigenvalue weighted by molar-refractivity contribution is 7.89. The molecular weight excluding hydrogens is 431 g/mol. The molecule has 8 nitrogen and oxygen atoms in total. The average Bonchev–Trinajstić information content (AvgIpc) is 3.26. The molecule has 1 amide bonds. The number of fused-ring (bicyclic) bond motifs is 1. The summed E-state index contributed by atoms with van der Waals surface area (Å²) in [4.78, 5) is 18.9. The second kappa shape index (κ2) is 7.27. The quantitative estimate of drug-likeness (QED) is 0.493. The first-order valence-corrected chi connectivity index (χ1v) is 11.0. The van der Waals surface area contributed by atoms with Crippen LogP contribution in [-0.4, -0.2) is 24.5 Å². The summed E-state index contributed by atoms with van der Waals surface area (Å²) in [6.45, 7) is 3.62. The second-order valence-corrected chi connectivity index (χ2v) is 9.44. The molecule has 30 heavy (non-hydrogen) atoms. The number of amides is 1. The summed E-state index contributed by atoms with van der Waals surface area (Å²) in [5.74, 6) is -1.46. The van der Waals surface area contributed by atoms with E-state index in [9.17, 15) is 17.6 Å². The third-order valence-corrected chi connectivity index (χ3v) is 6.23. The van der Waals surface area contributed by atoms with E-state index in [1.807, 2.05) is 19.1 Å². The number of carbonyl (C=O) groups is 1. The molecule has 0 saturated heterocycles. The number of primary sulfonamides is 1. The number of hydrogen-bond donors (Lipinski definition) is 2. The lowest BCUT2D eigenvalue weighted by molar-refractivity contribution is 0.102. The number of carbonyl (C=O) groups excluding carboxylic acids is 1. The number of halogens is 1. The van der Waals surface area contributed by atoms with Gasteiger partial charge in [0.1, 0.15) is 5.82 Å². The summed E-state index contributed by atoms with van der Waals surface area (Å²) < 4.78 is 42.2. The molecule has 0 aliphatic carbocycles. The van der Waals surface area contributed by atoms with Crippen LogP contribution in [0.2, 0.25) is 0 Å². The molecule has 0 radical (unpaired) electrons. The van der Waals surface area contributed by atoms with Gasteiger partial charge in [-0.3, -0.25) is 4.79 Å². The van der Waals surface area contributed by atoms with Gasteiger partial charge in [0.15, 0.2) is 0 Å². The minimum absolute atomic E-state index is 0.0587. The maximum atomic E-state index is 13.9. The van der Waals surface area contributed by atoms with E-state index in [-0.39, 0.29) is 17.0 Å². The van der Waals surface area contributed by atoms with Gasteiger partial charge in [-0.1, -0.05) is 5.16 Å². The van der Waals surface area contributed by atoms with E-state index in [4.69, 9.17) is 9.66 Å². The van der Waals surface area contributed by atoms with E-state index < -0.39 is 26.6 Å². The van der Waals surface area contributed by atoms with Crippen molar-refractivity contribution in [3.8, 4) is 10.6 Å². The number of nitrogens with one attached hydrogen (secondary N) is 1. The van der Waals surface area contributed by atoms with Gasteiger partial charge < -0.3 is 9.84 Å². The number of nitrogens with two attached hydrogens (primary N) is 1. The Kier molecular flexibility index (Phi) is 4.88. The first-order chi connectivity index (χ1) is 14.1. The minimum Gasteiger partial charge on any atom is -0.335 e. The van der Waals surface area contributed by atoms with Crippen LogP contribution in [-0.2, 0) is 10.0 Å². The zero-order valence-electron chi connectivity index (χ0n) is 15.8. The fourth-order valence-corrected chi connectivity index (χ4v) is 4.37. The number of aromatic nitrogens is 2. The fraction of sp³-hybridized carbons (Fsp3) is 0.105. The molecule has 0 spiro atoms. The summed E-state index contributed by atoms with van der Waals surface area (Å²) in [6.07, 6.45) is 0. The van der Waals surface area contributed by atoms with E-state index in [0.29, 0.717) is 16.8 Å². The first kappa shape index (κ1) is 20.1. The molecule has 0 aliphatic heterocycles. The molecule has 11 heteroatoms. The molecule has 3 N–H and O–H groups in total. The van der Waals surface area contributed by atoms with E-state index >= 15 is 0 Å². The van der Waals surface area contributed by atoms with E-state index in [2.05, 4.69) is 15.5 Å². The minimum atomic E-state index is -4.15. The van der Waals surface area contributed by atoms with E-state index in [1.54, 1.807) is 13.0 Å². The molecule has 0 fully saturated rings. The van der Waals surface area contributed by atoms with Gasteiger partial charge in [-0.2, -0.15) is 0 Å². The van der Waals surface area contributed by atoms with Crippen LogP contribution in [0.4, 0.5) is 10.1 Å². The highest BCUT2D eigenvalue weighted by Gasteiger charge is 2.21. The fourth-order valence-electron chi connectivity index (χ4n) is 2.97. The summed E-state index contributed by atoms with van der Waals surface area (Å²) in [5, 5.41) is 11.9. The lowest BCUT2D eigenvalue weighted by atomic mass is 10.1. The third kappa shape index (κ3) is 3.82. The Morgan fingerprint density at radius 2 is 1.97 bits per heavy atom. The Morgan fingerprint density at radius 1 is 1.20 bits per heavy atom. The first-order valence-electron chi connectivity index (χ1n) is 8.60. The van der Waals surface area contributed by atoms with Crippen molar-refractivity contribution < 1.29 is 22.1 Å². The number of thiophene rings is 1. The summed E-state index contributed by atoms with van der Waals surface area (Å²) in [6, 6.07) is 8.25. The molecule has 0 bridgehead atoms. The highest BCUT2D eigenvalue weighted by Crippen LogP contribution is 2.31. The smallest absolute Gasteiger partial charge is 0.259 e. The number of anilines is 1. The summed E-state index contributed by atoms with van der Waals surface area (Å²) >= 11 is 1.50. The van der Waals surface area contributed by atoms with Crippen molar-refractivity contribution in [3.05, 3.63) is 58.3 Å². The molecule has 3 heterocycles. The number of benzene rings is 1. The predicted molar refractivity (Wildman–Crippen MR) is 110 cm³/mol. The zero-order chi connectivity index (χ0) is 21.6. The molecule has 0 unspecified atom stereocenters. The van der Waals surface area contributed by atoms with Gasteiger partial charge in [0, 0.05) is 10.6 Å². The molecule has 4 aromatic rings. The van der Waals surface area contributed by atoms with Crippen LogP contribution < -0.4 is 10.5 Å². The highest BCUT2D eigenvalue weighted by atomic mass is 32.2. The van der Waals surface area contributed by atoms with Crippen molar-refractivity contribution in [2.75, 3.05) is 5.32 Å². The molecule has 0 saturated carbocycles. The molecule has 154 valence electrons. The van der Waals surface area contributed by atoms with Gasteiger partial charge in [0.25, 0.3) is 11.6 Å². The third-order valence-electron chi connectivity index (χ3n) is 4.31. The van der Waals surface area contributed by atoms with Crippen molar-refractivity contribution in [3.63, 3.8) is 0 Å². The number of sulfonamides is 1. The second-order valence-electron chi connectivity index (χ2n) is 6.59. The molecule has 0 aliphatic rings. The van der Waals surface area contributed by atoms with Crippen LogP contribution in [0.15, 0.2) is 45.8 Å². The van der Waals surface area contributed by atoms with Crippen molar-refractivity contribution in [2.45, 2.75) is 18.7 Å². The number of hydrogen-bond acceptors (Lipinski definition) is 7. The van der Waals surface area contributed by atoms with Crippen LogP contribution in [0.3, 0.4) is 0 Å². The van der Waals surface area contributed by atoms with Crippen molar-refractivity contribution in [1.82, 2.24) is 10.1 Å². The standard InChI is InChI=1S/C19H15FN4O4S2/c1-9-3-4-16(29-9)15-8-14(17-10(2)24-28-19(17)23-15)18(25)22-12-5-11(20)6-13(7-12)30(21,26)27/h3-8H,1-2H3,(H,22,25)(H2,21,26,27).